The third-order valence-corrected chi connectivity index (χ3v) is 2.81. The lowest BCUT2D eigenvalue weighted by Crippen LogP contribution is -2.34. The molecule has 18 heavy (non-hydrogen) atoms. The first-order valence-electron chi connectivity index (χ1n) is 5.85. The number of nitrogens with zero attached hydrogens (tertiary/aromatic N) is 1. The Balaban J connectivity index is 2.68. The van der Waals surface area contributed by atoms with Crippen molar-refractivity contribution < 1.29 is 0 Å². The quantitative estimate of drug-likeness (QED) is 0.846. The van der Waals surface area contributed by atoms with Crippen LogP contribution in [0.15, 0.2) is 35.1 Å². The van der Waals surface area contributed by atoms with E-state index >= 15 is 0 Å². The summed E-state index contributed by atoms with van der Waals surface area (Å²) in [5.41, 5.74) is 7.39. The number of hydrogen-bond acceptors (Lipinski definition) is 3. The molecule has 3 N–H and O–H groups in total. The minimum atomic E-state index is -0.670. The van der Waals surface area contributed by atoms with E-state index in [1.807, 2.05) is 44.2 Å². The van der Waals surface area contributed by atoms with Gasteiger partial charge in [0.2, 0.25) is 0 Å². The minimum Gasteiger partial charge on any atom is -0.319 e. The summed E-state index contributed by atoms with van der Waals surface area (Å²) < 4.78 is 0. The van der Waals surface area contributed by atoms with Crippen LogP contribution in [0.2, 0.25) is 0 Å². The van der Waals surface area contributed by atoms with Crippen LogP contribution in [0.1, 0.15) is 25.2 Å². The number of nitrogens with one attached hydrogen (secondary N) is 1. The van der Waals surface area contributed by atoms with Gasteiger partial charge in [-0.05, 0) is 20.8 Å². The maximum atomic E-state index is 11.9. The second kappa shape index (κ2) is 4.38. The molecule has 0 atom stereocenters. The van der Waals surface area contributed by atoms with E-state index in [2.05, 4.69) is 9.97 Å². The summed E-state index contributed by atoms with van der Waals surface area (Å²) in [5, 5.41) is 0. The zero-order valence-electron chi connectivity index (χ0n) is 10.8. The van der Waals surface area contributed by atoms with Gasteiger partial charge in [0.15, 0.2) is 0 Å². The number of H-pyrrole nitrogens is 1. The third-order valence-electron chi connectivity index (χ3n) is 2.81. The summed E-state index contributed by atoms with van der Waals surface area (Å²) in [6, 6.07) is 9.64. The largest absolute Gasteiger partial charge is 0.319 e. The molecule has 0 aliphatic carbocycles. The molecule has 2 rings (SSSR count). The maximum absolute atomic E-state index is 11.9. The van der Waals surface area contributed by atoms with Crippen molar-refractivity contribution in [3.8, 4) is 11.3 Å². The average Bonchev–Trinajstić information content (AvgIpc) is 2.32. The van der Waals surface area contributed by atoms with E-state index < -0.39 is 5.54 Å². The second-order valence-corrected chi connectivity index (χ2v) is 4.98. The van der Waals surface area contributed by atoms with Gasteiger partial charge in [-0.15, -0.1) is 0 Å². The number of nitrogens with two attached hydrogens (primary N) is 1. The normalized spacial score (nSPS) is 11.6. The Hall–Kier alpha value is -1.94. The van der Waals surface area contributed by atoms with E-state index in [1.54, 1.807) is 6.92 Å². The molecule has 0 radical (unpaired) electrons. The van der Waals surface area contributed by atoms with Crippen molar-refractivity contribution in [2.75, 3.05) is 0 Å². The first-order chi connectivity index (χ1) is 8.39. The average molecular weight is 243 g/mol. The summed E-state index contributed by atoms with van der Waals surface area (Å²) in [5.74, 6) is 0.497. The summed E-state index contributed by atoms with van der Waals surface area (Å²) in [4.78, 5) is 19.2. The van der Waals surface area contributed by atoms with Crippen LogP contribution in [0.3, 0.4) is 0 Å². The fourth-order valence-corrected chi connectivity index (χ4v) is 1.71. The Morgan fingerprint density at radius 1 is 1.22 bits per heavy atom. The topological polar surface area (TPSA) is 71.8 Å². The fourth-order valence-electron chi connectivity index (χ4n) is 1.71. The second-order valence-electron chi connectivity index (χ2n) is 4.98. The summed E-state index contributed by atoms with van der Waals surface area (Å²) >= 11 is 0. The number of aromatic nitrogens is 2. The summed E-state index contributed by atoms with van der Waals surface area (Å²) in [6.45, 7) is 5.40. The van der Waals surface area contributed by atoms with Crippen molar-refractivity contribution in [1.29, 1.82) is 0 Å². The number of hydrogen-bond donors (Lipinski definition) is 2. The maximum Gasteiger partial charge on any atom is 0.254 e. The van der Waals surface area contributed by atoms with Crippen LogP contribution < -0.4 is 11.3 Å². The highest BCUT2D eigenvalue weighted by molar-refractivity contribution is 5.62. The number of benzene rings is 1. The predicted octanol–water partition coefficient (Wildman–Crippen LogP) is 1.94. The molecule has 0 saturated carbocycles. The van der Waals surface area contributed by atoms with Gasteiger partial charge in [-0.25, -0.2) is 4.98 Å². The van der Waals surface area contributed by atoms with E-state index in [0.29, 0.717) is 17.1 Å². The molecule has 1 aromatic heterocycles. The van der Waals surface area contributed by atoms with Gasteiger partial charge in [0.25, 0.3) is 5.56 Å². The van der Waals surface area contributed by atoms with E-state index in [1.165, 1.54) is 0 Å². The number of rotatable bonds is 2. The molecule has 0 aliphatic rings. The molecule has 0 spiro atoms. The van der Waals surface area contributed by atoms with E-state index in [0.717, 1.165) is 5.56 Å². The van der Waals surface area contributed by atoms with Gasteiger partial charge < -0.3 is 10.7 Å². The van der Waals surface area contributed by atoms with Gasteiger partial charge in [0, 0.05) is 11.1 Å². The molecule has 94 valence electrons. The highest BCUT2D eigenvalue weighted by Crippen LogP contribution is 2.20. The molecular formula is C14H17N3O. The van der Waals surface area contributed by atoms with Gasteiger partial charge in [0.05, 0.1) is 11.2 Å². The third kappa shape index (κ3) is 2.33. The van der Waals surface area contributed by atoms with Crippen molar-refractivity contribution in [2.45, 2.75) is 26.3 Å². The fraction of sp³-hybridized carbons (Fsp3) is 0.286. The number of aromatic amines is 1. The zero-order chi connectivity index (χ0) is 13.3. The van der Waals surface area contributed by atoms with Gasteiger partial charge in [0.1, 0.15) is 5.82 Å². The van der Waals surface area contributed by atoms with Crippen molar-refractivity contribution in [3.05, 3.63) is 52.1 Å². The lowest BCUT2D eigenvalue weighted by Gasteiger charge is -2.18. The van der Waals surface area contributed by atoms with Crippen LogP contribution in [0.4, 0.5) is 0 Å². The molecule has 2 aromatic rings. The molecule has 0 bridgehead atoms. The Labute approximate surface area is 106 Å². The molecule has 0 amide bonds. The van der Waals surface area contributed by atoms with Gasteiger partial charge >= 0.3 is 0 Å². The molecule has 0 fully saturated rings. The standard InChI is InChI=1S/C14H17N3O/c1-9-11(10-7-5-4-6-8-10)16-13(14(2,3)15)17-12(9)18/h4-8H,15H2,1-3H3,(H,16,17,18). The minimum absolute atomic E-state index is 0.141. The molecular weight excluding hydrogens is 226 g/mol. The molecule has 4 heteroatoms. The van der Waals surface area contributed by atoms with Crippen LogP contribution in [-0.2, 0) is 5.54 Å². The van der Waals surface area contributed by atoms with Crippen molar-refractivity contribution in [2.24, 2.45) is 5.73 Å². The van der Waals surface area contributed by atoms with E-state index in [9.17, 15) is 4.79 Å². The summed E-state index contributed by atoms with van der Waals surface area (Å²) in [7, 11) is 0. The van der Waals surface area contributed by atoms with Crippen LogP contribution >= 0.6 is 0 Å². The van der Waals surface area contributed by atoms with Crippen molar-refractivity contribution >= 4 is 0 Å². The lowest BCUT2D eigenvalue weighted by molar-refractivity contribution is 0.512. The summed E-state index contributed by atoms with van der Waals surface area (Å²) in [6.07, 6.45) is 0. The van der Waals surface area contributed by atoms with E-state index in [-0.39, 0.29) is 5.56 Å². The highest BCUT2D eigenvalue weighted by Gasteiger charge is 2.20. The smallest absolute Gasteiger partial charge is 0.254 e. The lowest BCUT2D eigenvalue weighted by atomic mass is 10.0. The SMILES string of the molecule is Cc1c(-c2ccccc2)nc(C(C)(C)N)[nH]c1=O. The van der Waals surface area contributed by atoms with Crippen LogP contribution in [0.25, 0.3) is 11.3 Å². The Morgan fingerprint density at radius 3 is 2.39 bits per heavy atom. The molecule has 0 aliphatic heterocycles. The predicted molar refractivity (Wildman–Crippen MR) is 72.2 cm³/mol. The Kier molecular flexibility index (Phi) is 3.05. The zero-order valence-corrected chi connectivity index (χ0v) is 10.8. The molecule has 0 saturated heterocycles. The first-order valence-corrected chi connectivity index (χ1v) is 5.85. The van der Waals surface area contributed by atoms with Gasteiger partial charge in [-0.1, -0.05) is 30.3 Å². The molecule has 4 nitrogen and oxygen atoms in total. The monoisotopic (exact) mass is 243 g/mol. The van der Waals surface area contributed by atoms with E-state index in [4.69, 9.17) is 5.73 Å². The highest BCUT2D eigenvalue weighted by atomic mass is 16.1. The first kappa shape index (κ1) is 12.5. The van der Waals surface area contributed by atoms with Crippen molar-refractivity contribution in [3.63, 3.8) is 0 Å². The molecule has 0 unspecified atom stereocenters. The van der Waals surface area contributed by atoms with Gasteiger partial charge in [-0.3, -0.25) is 4.79 Å². The van der Waals surface area contributed by atoms with Gasteiger partial charge in [-0.2, -0.15) is 0 Å². The Bertz CT molecular complexity index is 609. The van der Waals surface area contributed by atoms with Crippen LogP contribution in [0.5, 0.6) is 0 Å². The Morgan fingerprint density at radius 2 is 1.83 bits per heavy atom. The molecule has 1 heterocycles. The van der Waals surface area contributed by atoms with Crippen LogP contribution in [-0.4, -0.2) is 9.97 Å². The van der Waals surface area contributed by atoms with Crippen LogP contribution in [0, 0.1) is 6.92 Å². The molecule has 1 aromatic carbocycles. The van der Waals surface area contributed by atoms with Crippen molar-refractivity contribution in [1.82, 2.24) is 9.97 Å².